The lowest BCUT2D eigenvalue weighted by molar-refractivity contribution is -0.148. The van der Waals surface area contributed by atoms with Crippen LogP contribution in [0.15, 0.2) is 0 Å². The van der Waals surface area contributed by atoms with Gasteiger partial charge in [-0.15, -0.1) is 0 Å². The summed E-state index contributed by atoms with van der Waals surface area (Å²) in [5, 5.41) is 16.9. The fourth-order valence-corrected chi connectivity index (χ4v) is 3.96. The van der Waals surface area contributed by atoms with Crippen molar-refractivity contribution in [1.29, 1.82) is 0 Å². The molecule has 4 N–H and O–H groups in total. The fourth-order valence-electron chi connectivity index (χ4n) is 3.96. The van der Waals surface area contributed by atoms with Gasteiger partial charge >= 0.3 is 0 Å². The largest absolute Gasteiger partial charge is 0.394 e. The molecule has 4 unspecified atom stereocenters. The lowest BCUT2D eigenvalue weighted by Gasteiger charge is -2.26. The van der Waals surface area contributed by atoms with Crippen LogP contribution in [0.2, 0.25) is 0 Å². The summed E-state index contributed by atoms with van der Waals surface area (Å²) in [6, 6.07) is -0.894. The average Bonchev–Trinajstić information content (AvgIpc) is 3.09. The molecule has 15 nitrogen and oxygen atoms in total. The van der Waals surface area contributed by atoms with Gasteiger partial charge < -0.3 is 59.0 Å². The Morgan fingerprint density at radius 1 is 0.694 bits per heavy atom. The first-order valence-electron chi connectivity index (χ1n) is 17.7. The molecule has 0 spiro atoms. The summed E-state index contributed by atoms with van der Waals surface area (Å²) in [6.45, 7) is 14.9. The van der Waals surface area contributed by atoms with Gasteiger partial charge in [-0.1, -0.05) is 27.2 Å². The number of rotatable bonds is 35. The van der Waals surface area contributed by atoms with E-state index in [1.807, 2.05) is 6.92 Å². The van der Waals surface area contributed by atoms with Crippen LogP contribution in [0.1, 0.15) is 73.1 Å². The SMILES string of the molecule is CCC(C)CCOCCC(=O)NC(CCC(=O)NCCOCCO)C(=O)NCCOCCOC(C)OCCOCCOCC(C)(CC)OC. The Labute approximate surface area is 294 Å². The summed E-state index contributed by atoms with van der Waals surface area (Å²) >= 11 is 0. The third kappa shape index (κ3) is 28.4. The van der Waals surface area contributed by atoms with E-state index in [9.17, 15) is 14.4 Å². The van der Waals surface area contributed by atoms with E-state index in [0.717, 1.165) is 19.3 Å². The van der Waals surface area contributed by atoms with E-state index < -0.39 is 18.2 Å². The van der Waals surface area contributed by atoms with Gasteiger partial charge in [-0.05, 0) is 39.0 Å². The van der Waals surface area contributed by atoms with Crippen molar-refractivity contribution in [2.45, 2.75) is 91.1 Å². The Morgan fingerprint density at radius 3 is 1.92 bits per heavy atom. The molecule has 3 amide bonds. The van der Waals surface area contributed by atoms with Crippen LogP contribution < -0.4 is 16.0 Å². The summed E-state index contributed by atoms with van der Waals surface area (Å²) in [5.41, 5.74) is -0.280. The summed E-state index contributed by atoms with van der Waals surface area (Å²) in [6.07, 6.45) is 2.69. The van der Waals surface area contributed by atoms with Crippen LogP contribution in [-0.2, 0) is 52.3 Å². The number of carbonyl (C=O) groups excluding carboxylic acids is 3. The minimum absolute atomic E-state index is 0.0336. The van der Waals surface area contributed by atoms with Crippen LogP contribution in [0, 0.1) is 5.92 Å². The fraction of sp³-hybridized carbons (Fsp3) is 0.912. The number of hydrogen-bond donors (Lipinski definition) is 4. The van der Waals surface area contributed by atoms with Gasteiger partial charge in [0.2, 0.25) is 17.7 Å². The molecule has 0 fully saturated rings. The van der Waals surface area contributed by atoms with Crippen LogP contribution in [0.25, 0.3) is 0 Å². The first kappa shape index (κ1) is 47.0. The quantitative estimate of drug-likeness (QED) is 0.0552. The van der Waals surface area contributed by atoms with E-state index in [-0.39, 0.29) is 82.8 Å². The van der Waals surface area contributed by atoms with E-state index in [1.54, 1.807) is 14.0 Å². The Balaban J connectivity index is 4.27. The van der Waals surface area contributed by atoms with Gasteiger partial charge in [-0.3, -0.25) is 14.4 Å². The zero-order valence-corrected chi connectivity index (χ0v) is 31.0. The maximum absolute atomic E-state index is 12.9. The number of hydrogen-bond acceptors (Lipinski definition) is 12. The third-order valence-corrected chi connectivity index (χ3v) is 7.77. The monoisotopic (exact) mass is 709 g/mol. The highest BCUT2D eigenvalue weighted by Crippen LogP contribution is 2.13. The number of aliphatic hydroxyl groups is 1. The molecule has 0 aliphatic carbocycles. The number of methoxy groups -OCH3 is 1. The molecule has 0 aliphatic rings. The molecule has 0 aromatic carbocycles. The second kappa shape index (κ2) is 32.0. The maximum atomic E-state index is 12.9. The van der Waals surface area contributed by atoms with Crippen LogP contribution in [0.3, 0.4) is 0 Å². The molecular formula is C34H67N3O12. The molecule has 49 heavy (non-hydrogen) atoms. The second-order valence-electron chi connectivity index (χ2n) is 11.9. The molecule has 290 valence electrons. The molecule has 0 saturated carbocycles. The highest BCUT2D eigenvalue weighted by Gasteiger charge is 2.22. The number of nitrogens with one attached hydrogen (secondary N) is 3. The van der Waals surface area contributed by atoms with E-state index in [4.69, 9.17) is 43.0 Å². The van der Waals surface area contributed by atoms with Gasteiger partial charge in [0, 0.05) is 39.6 Å². The van der Waals surface area contributed by atoms with Gasteiger partial charge in [0.15, 0.2) is 6.29 Å². The molecule has 0 aliphatic heterocycles. The molecule has 0 heterocycles. The van der Waals surface area contributed by atoms with Crippen molar-refractivity contribution in [2.24, 2.45) is 5.92 Å². The van der Waals surface area contributed by atoms with Crippen molar-refractivity contribution in [3.63, 3.8) is 0 Å². The molecule has 0 aromatic rings. The Kier molecular flexibility index (Phi) is 30.7. The van der Waals surface area contributed by atoms with E-state index in [0.29, 0.717) is 58.8 Å². The molecule has 4 atom stereocenters. The zero-order valence-electron chi connectivity index (χ0n) is 31.0. The first-order chi connectivity index (χ1) is 23.6. The number of aliphatic hydroxyl groups excluding tert-OH is 1. The molecule has 0 aromatic heterocycles. The lowest BCUT2D eigenvalue weighted by atomic mass is 10.1. The highest BCUT2D eigenvalue weighted by atomic mass is 16.7. The minimum Gasteiger partial charge on any atom is -0.394 e. The van der Waals surface area contributed by atoms with Crippen molar-refractivity contribution < 1.29 is 57.4 Å². The topological polar surface area (TPSA) is 181 Å². The minimum atomic E-state index is -0.894. The molecule has 0 saturated heterocycles. The normalized spacial score (nSPS) is 14.5. The number of carbonyl (C=O) groups is 3. The molecular weight excluding hydrogens is 642 g/mol. The van der Waals surface area contributed by atoms with Crippen molar-refractivity contribution in [3.8, 4) is 0 Å². The second-order valence-corrected chi connectivity index (χ2v) is 11.9. The van der Waals surface area contributed by atoms with Crippen molar-refractivity contribution in [1.82, 2.24) is 16.0 Å². The Hall–Kier alpha value is -1.95. The number of ether oxygens (including phenoxy) is 8. The van der Waals surface area contributed by atoms with Crippen molar-refractivity contribution in [2.75, 3.05) is 106 Å². The van der Waals surface area contributed by atoms with Crippen LogP contribution in [0.4, 0.5) is 0 Å². The van der Waals surface area contributed by atoms with E-state index in [2.05, 4.69) is 36.7 Å². The van der Waals surface area contributed by atoms with Crippen LogP contribution in [-0.4, -0.2) is 147 Å². The summed E-state index contributed by atoms with van der Waals surface area (Å²) in [4.78, 5) is 37.7. The van der Waals surface area contributed by atoms with Gasteiger partial charge in [0.05, 0.1) is 84.9 Å². The highest BCUT2D eigenvalue weighted by molar-refractivity contribution is 5.88. The summed E-state index contributed by atoms with van der Waals surface area (Å²) in [5.74, 6) is -0.454. The van der Waals surface area contributed by atoms with Crippen molar-refractivity contribution in [3.05, 3.63) is 0 Å². The van der Waals surface area contributed by atoms with E-state index in [1.165, 1.54) is 0 Å². The van der Waals surface area contributed by atoms with E-state index >= 15 is 0 Å². The first-order valence-corrected chi connectivity index (χ1v) is 17.7. The van der Waals surface area contributed by atoms with Gasteiger partial charge in [-0.25, -0.2) is 0 Å². The van der Waals surface area contributed by atoms with Crippen LogP contribution in [0.5, 0.6) is 0 Å². The molecule has 0 rings (SSSR count). The standard InChI is InChI=1S/C34H67N3O12/c1-7-28(3)11-16-43-17-12-32(40)37-30(9-10-31(39)35-13-18-44-20-15-38)33(41)36-14-19-45-23-25-48-29(4)49-26-24-46-21-22-47-27-34(5,8-2)42-6/h28-30,38H,7-27H2,1-6H3,(H,35,39)(H,36,41)(H,37,40). The lowest BCUT2D eigenvalue weighted by Crippen LogP contribution is -2.48. The summed E-state index contributed by atoms with van der Waals surface area (Å²) < 4.78 is 44.0. The molecule has 0 bridgehead atoms. The molecule has 0 radical (unpaired) electrons. The van der Waals surface area contributed by atoms with Gasteiger partial charge in [0.1, 0.15) is 6.04 Å². The molecule has 15 heteroatoms. The zero-order chi connectivity index (χ0) is 36.6. The van der Waals surface area contributed by atoms with Crippen molar-refractivity contribution >= 4 is 17.7 Å². The summed E-state index contributed by atoms with van der Waals surface area (Å²) in [7, 11) is 1.68. The average molecular weight is 710 g/mol. The predicted molar refractivity (Wildman–Crippen MR) is 184 cm³/mol. The smallest absolute Gasteiger partial charge is 0.242 e. The number of amides is 3. The Morgan fingerprint density at radius 2 is 1.29 bits per heavy atom. The van der Waals surface area contributed by atoms with Gasteiger partial charge in [0.25, 0.3) is 0 Å². The maximum Gasteiger partial charge on any atom is 0.242 e. The van der Waals surface area contributed by atoms with Crippen LogP contribution >= 0.6 is 0 Å². The third-order valence-electron chi connectivity index (χ3n) is 7.77. The van der Waals surface area contributed by atoms with Gasteiger partial charge in [-0.2, -0.15) is 0 Å². The Bertz CT molecular complexity index is 819. The predicted octanol–water partition coefficient (Wildman–Crippen LogP) is 1.58.